The van der Waals surface area contributed by atoms with Crippen LogP contribution in [0.3, 0.4) is 0 Å². The van der Waals surface area contributed by atoms with Crippen LogP contribution in [0.25, 0.3) is 0 Å². The van der Waals surface area contributed by atoms with Crippen molar-refractivity contribution in [2.75, 3.05) is 23.3 Å². The van der Waals surface area contributed by atoms with Gasteiger partial charge in [-0.15, -0.1) is 0 Å². The normalized spacial score (nSPS) is 14.2. The molecule has 2 heterocycles. The maximum atomic E-state index is 12.1. The van der Waals surface area contributed by atoms with E-state index in [4.69, 9.17) is 0 Å². The summed E-state index contributed by atoms with van der Waals surface area (Å²) in [6.45, 7) is 4.07. The van der Waals surface area contributed by atoms with Crippen LogP contribution in [0.15, 0.2) is 36.7 Å². The molecule has 1 amide bonds. The molecular formula is C16H18N4O. The number of anilines is 2. The van der Waals surface area contributed by atoms with Gasteiger partial charge in [0.05, 0.1) is 0 Å². The van der Waals surface area contributed by atoms with Crippen molar-refractivity contribution in [3.05, 3.63) is 48.0 Å². The molecule has 1 aliphatic rings. The summed E-state index contributed by atoms with van der Waals surface area (Å²) in [6.07, 6.45) is 3.91. The third kappa shape index (κ3) is 3.18. The van der Waals surface area contributed by atoms with Crippen LogP contribution in [0, 0.1) is 6.92 Å². The van der Waals surface area contributed by atoms with Crippen LogP contribution in [0.1, 0.15) is 29.0 Å². The number of carbonyl (C=O) groups is 1. The summed E-state index contributed by atoms with van der Waals surface area (Å²) in [5, 5.41) is 2.86. The zero-order chi connectivity index (χ0) is 14.7. The van der Waals surface area contributed by atoms with E-state index in [2.05, 4.69) is 20.2 Å². The fraction of sp³-hybridized carbons (Fsp3) is 0.312. The van der Waals surface area contributed by atoms with Crippen LogP contribution < -0.4 is 10.2 Å². The van der Waals surface area contributed by atoms with Gasteiger partial charge in [0.1, 0.15) is 12.0 Å². The van der Waals surface area contributed by atoms with Crippen LogP contribution in [0.5, 0.6) is 0 Å². The third-order valence-corrected chi connectivity index (χ3v) is 3.63. The van der Waals surface area contributed by atoms with E-state index < -0.39 is 0 Å². The lowest BCUT2D eigenvalue weighted by Gasteiger charge is -2.17. The van der Waals surface area contributed by atoms with E-state index in [0.29, 0.717) is 5.69 Å². The van der Waals surface area contributed by atoms with Gasteiger partial charge in [0.15, 0.2) is 0 Å². The number of hydrogen-bond donors (Lipinski definition) is 1. The molecule has 2 aromatic rings. The van der Waals surface area contributed by atoms with Crippen molar-refractivity contribution < 1.29 is 4.79 Å². The molecule has 1 aromatic heterocycles. The summed E-state index contributed by atoms with van der Waals surface area (Å²) in [5.41, 5.74) is 3.15. The zero-order valence-corrected chi connectivity index (χ0v) is 12.0. The molecular weight excluding hydrogens is 264 g/mol. The van der Waals surface area contributed by atoms with Gasteiger partial charge < -0.3 is 10.2 Å². The Morgan fingerprint density at radius 1 is 1.14 bits per heavy atom. The van der Waals surface area contributed by atoms with E-state index in [9.17, 15) is 4.79 Å². The first kappa shape index (κ1) is 13.5. The third-order valence-electron chi connectivity index (χ3n) is 3.63. The van der Waals surface area contributed by atoms with Crippen molar-refractivity contribution in [1.82, 2.24) is 9.97 Å². The molecule has 0 unspecified atom stereocenters. The predicted octanol–water partition coefficient (Wildman–Crippen LogP) is 2.64. The van der Waals surface area contributed by atoms with Crippen molar-refractivity contribution in [2.45, 2.75) is 19.8 Å². The minimum atomic E-state index is -0.213. The van der Waals surface area contributed by atoms with E-state index >= 15 is 0 Å². The Kier molecular flexibility index (Phi) is 3.81. The van der Waals surface area contributed by atoms with Crippen molar-refractivity contribution in [3.63, 3.8) is 0 Å². The minimum Gasteiger partial charge on any atom is -0.372 e. The molecule has 1 saturated heterocycles. The van der Waals surface area contributed by atoms with Gasteiger partial charge >= 0.3 is 0 Å². The van der Waals surface area contributed by atoms with Gasteiger partial charge in [-0.3, -0.25) is 4.79 Å². The lowest BCUT2D eigenvalue weighted by molar-refractivity contribution is 0.102. The number of nitrogens with one attached hydrogen (secondary N) is 1. The number of nitrogens with zero attached hydrogens (tertiary/aromatic N) is 3. The SMILES string of the molecule is Cc1cc(C(=O)Nc2ccc(N3CCCC3)cc2)ncn1. The van der Waals surface area contributed by atoms with E-state index in [1.165, 1.54) is 24.9 Å². The molecule has 0 bridgehead atoms. The van der Waals surface area contributed by atoms with Crippen molar-refractivity contribution in [1.29, 1.82) is 0 Å². The Morgan fingerprint density at radius 2 is 1.86 bits per heavy atom. The molecule has 5 heteroatoms. The molecule has 1 aliphatic heterocycles. The number of aryl methyl sites for hydroxylation is 1. The molecule has 5 nitrogen and oxygen atoms in total. The first-order valence-electron chi connectivity index (χ1n) is 7.17. The molecule has 1 aromatic carbocycles. The topological polar surface area (TPSA) is 58.1 Å². The largest absolute Gasteiger partial charge is 0.372 e. The standard InChI is InChI=1S/C16H18N4O/c1-12-10-15(18-11-17-12)16(21)19-13-4-6-14(7-5-13)20-8-2-3-9-20/h4-7,10-11H,2-3,8-9H2,1H3,(H,19,21). The number of rotatable bonds is 3. The van der Waals surface area contributed by atoms with E-state index in [-0.39, 0.29) is 5.91 Å². The first-order valence-corrected chi connectivity index (χ1v) is 7.17. The molecule has 108 valence electrons. The lowest BCUT2D eigenvalue weighted by atomic mass is 10.2. The summed E-state index contributed by atoms with van der Waals surface area (Å²) in [6, 6.07) is 9.63. The minimum absolute atomic E-state index is 0.213. The van der Waals surface area contributed by atoms with Crippen LogP contribution in [0.2, 0.25) is 0 Å². The maximum Gasteiger partial charge on any atom is 0.274 e. The fourth-order valence-corrected chi connectivity index (χ4v) is 2.50. The first-order chi connectivity index (χ1) is 10.2. The van der Waals surface area contributed by atoms with Crippen LogP contribution in [-0.2, 0) is 0 Å². The van der Waals surface area contributed by atoms with Gasteiger partial charge in [-0.2, -0.15) is 0 Å². The Balaban J connectivity index is 1.68. The van der Waals surface area contributed by atoms with E-state index in [0.717, 1.165) is 24.5 Å². The summed E-state index contributed by atoms with van der Waals surface area (Å²) in [5.74, 6) is -0.213. The number of aromatic nitrogens is 2. The summed E-state index contributed by atoms with van der Waals surface area (Å²) < 4.78 is 0. The molecule has 0 atom stereocenters. The Bertz CT molecular complexity index is 633. The highest BCUT2D eigenvalue weighted by molar-refractivity contribution is 6.02. The summed E-state index contributed by atoms with van der Waals surface area (Å²) in [7, 11) is 0. The molecule has 0 spiro atoms. The van der Waals surface area contributed by atoms with Gasteiger partial charge in [0.25, 0.3) is 5.91 Å². The fourth-order valence-electron chi connectivity index (χ4n) is 2.50. The highest BCUT2D eigenvalue weighted by Gasteiger charge is 2.12. The second kappa shape index (κ2) is 5.91. The molecule has 1 fully saturated rings. The molecule has 0 aliphatic carbocycles. The van der Waals surface area contributed by atoms with Gasteiger partial charge in [0, 0.05) is 30.2 Å². The Labute approximate surface area is 124 Å². The van der Waals surface area contributed by atoms with Gasteiger partial charge in [-0.25, -0.2) is 9.97 Å². The van der Waals surface area contributed by atoms with Crippen molar-refractivity contribution in [2.24, 2.45) is 0 Å². The predicted molar refractivity (Wildman–Crippen MR) is 82.6 cm³/mol. The molecule has 0 saturated carbocycles. The molecule has 0 radical (unpaired) electrons. The van der Waals surface area contributed by atoms with E-state index in [1.807, 2.05) is 31.2 Å². The lowest BCUT2D eigenvalue weighted by Crippen LogP contribution is -2.17. The maximum absolute atomic E-state index is 12.1. The second-order valence-corrected chi connectivity index (χ2v) is 5.24. The van der Waals surface area contributed by atoms with Gasteiger partial charge in [-0.1, -0.05) is 0 Å². The molecule has 21 heavy (non-hydrogen) atoms. The highest BCUT2D eigenvalue weighted by atomic mass is 16.1. The smallest absolute Gasteiger partial charge is 0.274 e. The highest BCUT2D eigenvalue weighted by Crippen LogP contribution is 2.22. The molecule has 3 rings (SSSR count). The average molecular weight is 282 g/mol. The van der Waals surface area contributed by atoms with Crippen LogP contribution >= 0.6 is 0 Å². The monoisotopic (exact) mass is 282 g/mol. The number of carbonyl (C=O) groups excluding carboxylic acids is 1. The summed E-state index contributed by atoms with van der Waals surface area (Å²) in [4.78, 5) is 22.4. The van der Waals surface area contributed by atoms with Crippen LogP contribution in [0.4, 0.5) is 11.4 Å². The quantitative estimate of drug-likeness (QED) is 0.940. The van der Waals surface area contributed by atoms with E-state index in [1.54, 1.807) is 6.07 Å². The Morgan fingerprint density at radius 3 is 2.52 bits per heavy atom. The Hall–Kier alpha value is -2.43. The molecule has 1 N–H and O–H groups in total. The van der Waals surface area contributed by atoms with Gasteiger partial charge in [0.2, 0.25) is 0 Å². The summed E-state index contributed by atoms with van der Waals surface area (Å²) >= 11 is 0. The van der Waals surface area contributed by atoms with Crippen molar-refractivity contribution in [3.8, 4) is 0 Å². The zero-order valence-electron chi connectivity index (χ0n) is 12.0. The average Bonchev–Trinajstić information content (AvgIpc) is 3.02. The van der Waals surface area contributed by atoms with Crippen LogP contribution in [-0.4, -0.2) is 29.0 Å². The van der Waals surface area contributed by atoms with Gasteiger partial charge in [-0.05, 0) is 50.1 Å². The second-order valence-electron chi connectivity index (χ2n) is 5.24. The number of amides is 1. The van der Waals surface area contributed by atoms with Crippen molar-refractivity contribution >= 4 is 17.3 Å². The number of hydrogen-bond acceptors (Lipinski definition) is 4. The number of benzene rings is 1.